The van der Waals surface area contributed by atoms with Gasteiger partial charge in [0, 0.05) is 0 Å². The van der Waals surface area contributed by atoms with E-state index in [-0.39, 0.29) is 5.69 Å². The molecule has 0 unspecified atom stereocenters. The van der Waals surface area contributed by atoms with E-state index in [0.717, 1.165) is 17.4 Å². The lowest BCUT2D eigenvalue weighted by Gasteiger charge is -2.12. The lowest BCUT2D eigenvalue weighted by Crippen LogP contribution is -2.08. The first-order chi connectivity index (χ1) is 7.97. The van der Waals surface area contributed by atoms with Crippen molar-refractivity contribution in [3.05, 3.63) is 33.7 Å². The van der Waals surface area contributed by atoms with Crippen LogP contribution in [-0.2, 0) is 6.18 Å². The Morgan fingerprint density at radius 2 is 1.88 bits per heavy atom. The highest BCUT2D eigenvalue weighted by Crippen LogP contribution is 2.36. The Labute approximate surface area is 107 Å². The molecule has 0 saturated carbocycles. The summed E-state index contributed by atoms with van der Waals surface area (Å²) in [5.74, 6) is 0. The van der Waals surface area contributed by atoms with E-state index in [2.05, 4.69) is 31.4 Å². The Morgan fingerprint density at radius 1 is 1.18 bits per heavy atom. The smallest absolute Gasteiger partial charge is 0.330 e. The van der Waals surface area contributed by atoms with Gasteiger partial charge in [-0.1, -0.05) is 23.5 Å². The maximum absolute atomic E-state index is 12.7. The summed E-state index contributed by atoms with van der Waals surface area (Å²) in [5.41, 5.74) is -0.769. The van der Waals surface area contributed by atoms with Crippen molar-refractivity contribution < 1.29 is 13.2 Å². The molecule has 2 rings (SSSR count). The first-order valence-corrected chi connectivity index (χ1v) is 6.00. The molecule has 0 fully saturated rings. The van der Waals surface area contributed by atoms with Crippen LogP contribution in [0.3, 0.4) is 0 Å². The summed E-state index contributed by atoms with van der Waals surface area (Å²) < 4.78 is 38.5. The summed E-state index contributed by atoms with van der Waals surface area (Å²) in [4.78, 5) is 0. The molecule has 0 aliphatic heterocycles. The topological polar surface area (TPSA) is 37.8 Å². The monoisotopic (exact) mass is 323 g/mol. The molecule has 0 saturated heterocycles. The predicted octanol–water partition coefficient (Wildman–Crippen LogP) is 4.06. The fourth-order valence-corrected chi connectivity index (χ4v) is 2.23. The first kappa shape index (κ1) is 12.3. The average Bonchev–Trinajstić information content (AvgIpc) is 2.63. The quantitative estimate of drug-likeness (QED) is 0.905. The molecule has 8 heteroatoms. The number of rotatable bonds is 2. The Morgan fingerprint density at radius 3 is 2.47 bits per heavy atom. The van der Waals surface area contributed by atoms with Gasteiger partial charge in [-0.2, -0.15) is 13.2 Å². The number of halogens is 4. The van der Waals surface area contributed by atoms with Gasteiger partial charge in [-0.3, -0.25) is 0 Å². The van der Waals surface area contributed by atoms with Gasteiger partial charge >= 0.3 is 6.18 Å². The van der Waals surface area contributed by atoms with Crippen molar-refractivity contribution in [2.24, 2.45) is 0 Å². The highest BCUT2D eigenvalue weighted by Gasteiger charge is 2.33. The lowest BCUT2D eigenvalue weighted by molar-refractivity contribution is -0.136. The van der Waals surface area contributed by atoms with E-state index < -0.39 is 11.7 Å². The van der Waals surface area contributed by atoms with Crippen LogP contribution in [0.5, 0.6) is 0 Å². The summed E-state index contributed by atoms with van der Waals surface area (Å²) in [5, 5.41) is 10.2. The standard InChI is InChI=1S/C9H5BrF3N3S/c10-7-15-16-8(17-7)14-6-4-2-1-3-5(6)9(11,12)13/h1-4H,(H,14,16). The summed E-state index contributed by atoms with van der Waals surface area (Å²) in [6.45, 7) is 0. The van der Waals surface area contributed by atoms with Gasteiger partial charge in [0.15, 0.2) is 3.92 Å². The van der Waals surface area contributed by atoms with Gasteiger partial charge < -0.3 is 5.32 Å². The van der Waals surface area contributed by atoms with Gasteiger partial charge in [-0.05, 0) is 28.1 Å². The predicted molar refractivity (Wildman–Crippen MR) is 62.3 cm³/mol. The Balaban J connectivity index is 2.33. The zero-order chi connectivity index (χ0) is 12.5. The van der Waals surface area contributed by atoms with Crippen LogP contribution in [0.4, 0.5) is 24.0 Å². The van der Waals surface area contributed by atoms with Gasteiger partial charge in [0.25, 0.3) is 0 Å². The van der Waals surface area contributed by atoms with Crippen molar-refractivity contribution in [1.82, 2.24) is 10.2 Å². The van der Waals surface area contributed by atoms with Crippen LogP contribution in [0.1, 0.15) is 5.56 Å². The molecular formula is C9H5BrF3N3S. The fraction of sp³-hybridized carbons (Fsp3) is 0.111. The van der Waals surface area contributed by atoms with E-state index in [0.29, 0.717) is 9.05 Å². The molecule has 0 amide bonds. The first-order valence-electron chi connectivity index (χ1n) is 4.39. The second-order valence-corrected chi connectivity index (χ2v) is 5.28. The fourth-order valence-electron chi connectivity index (χ4n) is 1.21. The molecule has 0 aliphatic carbocycles. The second-order valence-electron chi connectivity index (χ2n) is 3.03. The summed E-state index contributed by atoms with van der Waals surface area (Å²) in [7, 11) is 0. The van der Waals surface area contributed by atoms with Crippen LogP contribution in [0.25, 0.3) is 0 Å². The molecule has 0 aliphatic rings. The van der Waals surface area contributed by atoms with E-state index in [1.54, 1.807) is 0 Å². The minimum Gasteiger partial charge on any atom is -0.330 e. The maximum Gasteiger partial charge on any atom is 0.418 e. The lowest BCUT2D eigenvalue weighted by atomic mass is 10.2. The van der Waals surface area contributed by atoms with Gasteiger partial charge in [0.2, 0.25) is 5.13 Å². The third-order valence-corrected chi connectivity index (χ3v) is 3.15. The molecule has 0 atom stereocenters. The second kappa shape index (κ2) is 4.61. The zero-order valence-electron chi connectivity index (χ0n) is 8.12. The van der Waals surface area contributed by atoms with E-state index in [4.69, 9.17) is 0 Å². The van der Waals surface area contributed by atoms with E-state index >= 15 is 0 Å². The van der Waals surface area contributed by atoms with Crippen molar-refractivity contribution in [3.63, 3.8) is 0 Å². The van der Waals surface area contributed by atoms with Crippen molar-refractivity contribution in [2.45, 2.75) is 6.18 Å². The van der Waals surface area contributed by atoms with Gasteiger partial charge in [0.05, 0.1) is 11.3 Å². The molecular weight excluding hydrogens is 319 g/mol. The van der Waals surface area contributed by atoms with E-state index in [1.165, 1.54) is 18.2 Å². The van der Waals surface area contributed by atoms with Gasteiger partial charge in [0.1, 0.15) is 0 Å². The van der Waals surface area contributed by atoms with Gasteiger partial charge in [-0.15, -0.1) is 10.2 Å². The van der Waals surface area contributed by atoms with Crippen LogP contribution in [0.15, 0.2) is 28.2 Å². The molecule has 90 valence electrons. The third-order valence-electron chi connectivity index (χ3n) is 1.87. The molecule has 1 aromatic carbocycles. The molecule has 3 nitrogen and oxygen atoms in total. The number of nitrogens with zero attached hydrogens (tertiary/aromatic N) is 2. The number of alkyl halides is 3. The molecule has 1 heterocycles. The SMILES string of the molecule is FC(F)(F)c1ccccc1Nc1nnc(Br)s1. The zero-order valence-corrected chi connectivity index (χ0v) is 10.5. The maximum atomic E-state index is 12.7. The van der Waals surface area contributed by atoms with Crippen molar-refractivity contribution in [3.8, 4) is 0 Å². The van der Waals surface area contributed by atoms with Gasteiger partial charge in [-0.25, -0.2) is 0 Å². The molecule has 1 aromatic heterocycles. The molecule has 0 bridgehead atoms. The molecule has 0 spiro atoms. The van der Waals surface area contributed by atoms with Crippen LogP contribution in [0.2, 0.25) is 0 Å². The van der Waals surface area contributed by atoms with Crippen molar-refractivity contribution in [1.29, 1.82) is 0 Å². The number of hydrogen-bond donors (Lipinski definition) is 1. The Kier molecular flexibility index (Phi) is 3.34. The minimum atomic E-state index is -4.40. The highest BCUT2D eigenvalue weighted by molar-refractivity contribution is 9.11. The molecule has 2 aromatic rings. The highest BCUT2D eigenvalue weighted by atomic mass is 79.9. The molecule has 1 N–H and O–H groups in total. The number of benzene rings is 1. The summed E-state index contributed by atoms with van der Waals surface area (Å²) >= 11 is 4.20. The molecule has 17 heavy (non-hydrogen) atoms. The van der Waals surface area contributed by atoms with Crippen molar-refractivity contribution in [2.75, 3.05) is 5.32 Å². The van der Waals surface area contributed by atoms with Crippen LogP contribution in [-0.4, -0.2) is 10.2 Å². The minimum absolute atomic E-state index is 0.0383. The van der Waals surface area contributed by atoms with Crippen molar-refractivity contribution >= 4 is 38.1 Å². The number of para-hydroxylation sites is 1. The average molecular weight is 324 g/mol. The van der Waals surface area contributed by atoms with Crippen LogP contribution >= 0.6 is 27.3 Å². The number of hydrogen-bond acceptors (Lipinski definition) is 4. The normalized spacial score (nSPS) is 11.5. The Bertz CT molecular complexity index is 526. The number of nitrogens with one attached hydrogen (secondary N) is 1. The summed E-state index contributed by atoms with van der Waals surface area (Å²) in [6.07, 6.45) is -4.40. The third kappa shape index (κ3) is 2.95. The van der Waals surface area contributed by atoms with E-state index in [9.17, 15) is 13.2 Å². The van der Waals surface area contributed by atoms with Crippen LogP contribution in [0, 0.1) is 0 Å². The summed E-state index contributed by atoms with van der Waals surface area (Å²) in [6, 6.07) is 5.22. The van der Waals surface area contributed by atoms with Crippen LogP contribution < -0.4 is 5.32 Å². The number of aromatic nitrogens is 2. The largest absolute Gasteiger partial charge is 0.418 e. The molecule has 0 radical (unpaired) electrons. The Hall–Kier alpha value is -1.15. The van der Waals surface area contributed by atoms with E-state index in [1.807, 2.05) is 0 Å². The number of anilines is 2.